The van der Waals surface area contributed by atoms with Gasteiger partial charge in [0.25, 0.3) is 0 Å². The molecule has 0 radical (unpaired) electrons. The summed E-state index contributed by atoms with van der Waals surface area (Å²) in [5.74, 6) is 0. The van der Waals surface area contributed by atoms with Crippen LogP contribution in [0.4, 0.5) is 0 Å². The van der Waals surface area contributed by atoms with Crippen LogP contribution in [-0.2, 0) is 16.6 Å². The van der Waals surface area contributed by atoms with Gasteiger partial charge in [0.05, 0.1) is 5.25 Å². The molecule has 1 aliphatic rings. The van der Waals surface area contributed by atoms with Gasteiger partial charge in [-0.15, -0.1) is 0 Å². The van der Waals surface area contributed by atoms with Gasteiger partial charge in [-0.05, 0) is 44.4 Å². The molecule has 0 aromatic carbocycles. The van der Waals surface area contributed by atoms with Crippen LogP contribution in [0.1, 0.15) is 32.3 Å². The van der Waals surface area contributed by atoms with Gasteiger partial charge in [0, 0.05) is 25.0 Å². The Morgan fingerprint density at radius 2 is 1.94 bits per heavy atom. The normalized spacial score (nSPS) is 16.7. The number of sulfonamides is 1. The summed E-state index contributed by atoms with van der Waals surface area (Å²) in [6.45, 7) is 3.93. The molecule has 0 atom stereocenters. The van der Waals surface area contributed by atoms with E-state index in [0.717, 1.165) is 18.4 Å². The first-order valence-corrected chi connectivity index (χ1v) is 7.41. The summed E-state index contributed by atoms with van der Waals surface area (Å²) in [6, 6.07) is 3.94. The maximum atomic E-state index is 12.2. The van der Waals surface area contributed by atoms with E-state index in [4.69, 9.17) is 0 Å². The van der Waals surface area contributed by atoms with Crippen molar-refractivity contribution in [2.75, 3.05) is 0 Å². The molecule has 4 nitrogen and oxygen atoms in total. The highest BCUT2D eigenvalue weighted by Crippen LogP contribution is 2.32. The largest absolute Gasteiger partial charge is 0.265 e. The van der Waals surface area contributed by atoms with Crippen LogP contribution in [-0.4, -0.2) is 29.0 Å². The molecule has 0 unspecified atom stereocenters. The minimum atomic E-state index is -3.16. The highest BCUT2D eigenvalue weighted by molar-refractivity contribution is 7.89. The lowest BCUT2D eigenvalue weighted by Gasteiger charge is -2.24. The smallest absolute Gasteiger partial charge is 0.216 e. The number of hydrogen-bond donors (Lipinski definition) is 0. The molecule has 5 heteroatoms. The van der Waals surface area contributed by atoms with E-state index in [9.17, 15) is 8.42 Å². The SMILES string of the molecule is CC(C)S(=O)(=O)N(Cc1ccncc1)C1CC1. The van der Waals surface area contributed by atoms with Gasteiger partial charge in [0.2, 0.25) is 10.0 Å². The van der Waals surface area contributed by atoms with Crippen LogP contribution in [0, 0.1) is 0 Å². The van der Waals surface area contributed by atoms with Crippen LogP contribution in [0.15, 0.2) is 24.5 Å². The molecule has 1 aromatic heterocycles. The Balaban J connectivity index is 2.20. The lowest BCUT2D eigenvalue weighted by Crippen LogP contribution is -2.37. The van der Waals surface area contributed by atoms with E-state index in [1.54, 1.807) is 30.5 Å². The van der Waals surface area contributed by atoms with Gasteiger partial charge in [-0.3, -0.25) is 4.98 Å². The average molecular weight is 254 g/mol. The zero-order valence-corrected chi connectivity index (χ0v) is 11.0. The van der Waals surface area contributed by atoms with Crippen molar-refractivity contribution in [2.24, 2.45) is 0 Å². The second-order valence-electron chi connectivity index (χ2n) is 4.73. The van der Waals surface area contributed by atoms with Crippen LogP contribution >= 0.6 is 0 Å². The van der Waals surface area contributed by atoms with Crippen LogP contribution in [0.25, 0.3) is 0 Å². The van der Waals surface area contributed by atoms with Crippen molar-refractivity contribution in [3.05, 3.63) is 30.1 Å². The fourth-order valence-electron chi connectivity index (χ4n) is 1.73. The Morgan fingerprint density at radius 1 is 1.35 bits per heavy atom. The first-order chi connectivity index (χ1) is 8.01. The topological polar surface area (TPSA) is 50.3 Å². The summed E-state index contributed by atoms with van der Waals surface area (Å²) < 4.78 is 26.1. The highest BCUT2D eigenvalue weighted by atomic mass is 32.2. The van der Waals surface area contributed by atoms with E-state index >= 15 is 0 Å². The minimum absolute atomic E-state index is 0.204. The second-order valence-corrected chi connectivity index (χ2v) is 7.17. The third kappa shape index (κ3) is 2.84. The molecule has 1 aromatic rings. The monoisotopic (exact) mass is 254 g/mol. The van der Waals surface area contributed by atoms with Gasteiger partial charge in [0.1, 0.15) is 0 Å². The maximum absolute atomic E-state index is 12.2. The standard InChI is InChI=1S/C12H18N2O2S/c1-10(2)17(15,16)14(12-3-4-12)9-11-5-7-13-8-6-11/h5-8,10,12H,3-4,9H2,1-2H3. The minimum Gasteiger partial charge on any atom is -0.265 e. The molecule has 0 N–H and O–H groups in total. The molecule has 0 amide bonds. The van der Waals surface area contributed by atoms with Crippen molar-refractivity contribution in [2.45, 2.75) is 44.5 Å². The van der Waals surface area contributed by atoms with Crippen molar-refractivity contribution in [3.63, 3.8) is 0 Å². The van der Waals surface area contributed by atoms with E-state index in [2.05, 4.69) is 4.98 Å². The van der Waals surface area contributed by atoms with Gasteiger partial charge in [-0.1, -0.05) is 0 Å². The molecule has 17 heavy (non-hydrogen) atoms. The fraction of sp³-hybridized carbons (Fsp3) is 0.583. The summed E-state index contributed by atoms with van der Waals surface area (Å²) in [6.07, 6.45) is 5.36. The Labute approximate surface area is 103 Å². The predicted molar refractivity (Wildman–Crippen MR) is 66.9 cm³/mol. The number of nitrogens with zero attached hydrogens (tertiary/aromatic N) is 2. The lowest BCUT2D eigenvalue weighted by atomic mass is 10.3. The molecule has 1 heterocycles. The molecule has 94 valence electrons. The molecular formula is C12H18N2O2S. The fourth-order valence-corrected chi connectivity index (χ4v) is 3.23. The summed E-state index contributed by atoms with van der Waals surface area (Å²) in [5, 5.41) is -0.357. The van der Waals surface area contributed by atoms with E-state index in [-0.39, 0.29) is 11.3 Å². The van der Waals surface area contributed by atoms with Crippen molar-refractivity contribution in [1.29, 1.82) is 0 Å². The predicted octanol–water partition coefficient (Wildman–Crippen LogP) is 1.78. The van der Waals surface area contributed by atoms with Crippen LogP contribution in [0.5, 0.6) is 0 Å². The van der Waals surface area contributed by atoms with Crippen LogP contribution in [0.2, 0.25) is 0 Å². The molecule has 0 aliphatic heterocycles. The van der Waals surface area contributed by atoms with Crippen molar-refractivity contribution < 1.29 is 8.42 Å². The maximum Gasteiger partial charge on any atom is 0.216 e. The van der Waals surface area contributed by atoms with E-state index in [1.807, 2.05) is 12.1 Å². The summed E-state index contributed by atoms with van der Waals surface area (Å²) in [4.78, 5) is 3.94. The second kappa shape index (κ2) is 4.74. The Hall–Kier alpha value is -0.940. The molecular weight excluding hydrogens is 236 g/mol. The van der Waals surface area contributed by atoms with Crippen molar-refractivity contribution in [1.82, 2.24) is 9.29 Å². The molecule has 1 saturated carbocycles. The van der Waals surface area contributed by atoms with Crippen molar-refractivity contribution in [3.8, 4) is 0 Å². The zero-order chi connectivity index (χ0) is 12.5. The molecule has 0 saturated heterocycles. The van der Waals surface area contributed by atoms with Gasteiger partial charge in [-0.2, -0.15) is 4.31 Å². The highest BCUT2D eigenvalue weighted by Gasteiger charge is 2.38. The summed E-state index contributed by atoms with van der Waals surface area (Å²) >= 11 is 0. The molecule has 0 bridgehead atoms. The van der Waals surface area contributed by atoms with Gasteiger partial charge < -0.3 is 0 Å². The quantitative estimate of drug-likeness (QED) is 0.805. The number of pyridine rings is 1. The molecule has 1 fully saturated rings. The molecule has 1 aliphatic carbocycles. The Kier molecular flexibility index (Phi) is 3.49. The van der Waals surface area contributed by atoms with Crippen LogP contribution in [0.3, 0.4) is 0 Å². The average Bonchev–Trinajstić information content (AvgIpc) is 3.10. The van der Waals surface area contributed by atoms with Crippen molar-refractivity contribution >= 4 is 10.0 Å². The first kappa shape index (κ1) is 12.5. The number of aromatic nitrogens is 1. The third-order valence-corrected chi connectivity index (χ3v) is 5.24. The Morgan fingerprint density at radius 3 is 2.41 bits per heavy atom. The summed E-state index contributed by atoms with van der Waals surface area (Å²) in [7, 11) is -3.16. The molecule has 2 rings (SSSR count). The van der Waals surface area contributed by atoms with Gasteiger partial charge in [0.15, 0.2) is 0 Å². The van der Waals surface area contributed by atoms with E-state index in [0.29, 0.717) is 6.54 Å². The van der Waals surface area contributed by atoms with E-state index < -0.39 is 10.0 Å². The Bertz CT molecular complexity index is 467. The van der Waals surface area contributed by atoms with E-state index in [1.165, 1.54) is 0 Å². The molecule has 0 spiro atoms. The first-order valence-electron chi connectivity index (χ1n) is 5.91. The van der Waals surface area contributed by atoms with Gasteiger partial charge >= 0.3 is 0 Å². The lowest BCUT2D eigenvalue weighted by molar-refractivity contribution is 0.393. The number of rotatable bonds is 5. The van der Waals surface area contributed by atoms with Crippen LogP contribution < -0.4 is 0 Å². The summed E-state index contributed by atoms with van der Waals surface area (Å²) in [5.41, 5.74) is 0.996. The third-order valence-electron chi connectivity index (χ3n) is 2.96. The number of hydrogen-bond acceptors (Lipinski definition) is 3. The zero-order valence-electron chi connectivity index (χ0n) is 10.2. The van der Waals surface area contributed by atoms with Gasteiger partial charge in [-0.25, -0.2) is 8.42 Å².